The number of aliphatic carboxylic acids is 1. The van der Waals surface area contributed by atoms with Gasteiger partial charge in [-0.25, -0.2) is 0 Å². The Hall–Kier alpha value is -1.50. The van der Waals surface area contributed by atoms with Crippen molar-refractivity contribution in [2.45, 2.75) is 39.4 Å². The largest absolute Gasteiger partial charge is 0.481 e. The van der Waals surface area contributed by atoms with Crippen LogP contribution in [0.2, 0.25) is 0 Å². The Morgan fingerprint density at radius 3 is 2.67 bits per heavy atom. The van der Waals surface area contributed by atoms with Crippen LogP contribution in [0.25, 0.3) is 0 Å². The second-order valence-corrected chi connectivity index (χ2v) is 5.91. The first-order chi connectivity index (χ1) is 9.95. The van der Waals surface area contributed by atoms with Gasteiger partial charge in [-0.05, 0) is 20.3 Å². The summed E-state index contributed by atoms with van der Waals surface area (Å²) in [6.07, 6.45) is 1.36. The average molecular weight is 314 g/mol. The van der Waals surface area contributed by atoms with Crippen LogP contribution in [0, 0.1) is 19.8 Å². The lowest BCUT2D eigenvalue weighted by Crippen LogP contribution is -2.33. The zero-order valence-electron chi connectivity index (χ0n) is 12.6. The molecule has 1 aromatic rings. The maximum atomic E-state index is 11.7. The Bertz CT molecular complexity index is 468. The smallest absolute Gasteiger partial charge is 0.308 e. The van der Waals surface area contributed by atoms with Crippen molar-refractivity contribution in [3.05, 3.63) is 17.0 Å². The van der Waals surface area contributed by atoms with Gasteiger partial charge >= 0.3 is 5.97 Å². The summed E-state index contributed by atoms with van der Waals surface area (Å²) in [5.41, 5.74) is 1.86. The van der Waals surface area contributed by atoms with Crippen molar-refractivity contribution in [1.29, 1.82) is 0 Å². The van der Waals surface area contributed by atoms with Gasteiger partial charge in [-0.15, -0.1) is 11.8 Å². The molecular formula is C14H22N2O4S. The van der Waals surface area contributed by atoms with Crippen LogP contribution in [0.4, 0.5) is 0 Å². The van der Waals surface area contributed by atoms with Gasteiger partial charge in [0, 0.05) is 17.9 Å². The van der Waals surface area contributed by atoms with E-state index < -0.39 is 11.9 Å². The summed E-state index contributed by atoms with van der Waals surface area (Å²) in [7, 11) is 0. The second-order valence-electron chi connectivity index (χ2n) is 4.92. The van der Waals surface area contributed by atoms with E-state index >= 15 is 0 Å². The highest BCUT2D eigenvalue weighted by Gasteiger charge is 2.17. The van der Waals surface area contributed by atoms with Crippen molar-refractivity contribution >= 4 is 23.6 Å². The van der Waals surface area contributed by atoms with Crippen LogP contribution in [0.1, 0.15) is 36.8 Å². The Balaban J connectivity index is 2.29. The summed E-state index contributed by atoms with van der Waals surface area (Å²) in [6, 6.07) is 0. The summed E-state index contributed by atoms with van der Waals surface area (Å²) < 4.78 is 5.06. The number of amides is 1. The van der Waals surface area contributed by atoms with Crippen molar-refractivity contribution in [2.75, 3.05) is 12.3 Å². The molecule has 1 heterocycles. The van der Waals surface area contributed by atoms with E-state index in [1.165, 1.54) is 11.8 Å². The van der Waals surface area contributed by atoms with Crippen LogP contribution in [-0.4, -0.2) is 34.4 Å². The van der Waals surface area contributed by atoms with E-state index in [9.17, 15) is 9.59 Å². The number of hydrogen-bond acceptors (Lipinski definition) is 5. The fraction of sp³-hybridized carbons (Fsp3) is 0.643. The third-order valence-electron chi connectivity index (χ3n) is 3.19. The lowest BCUT2D eigenvalue weighted by atomic mass is 10.0. The first-order valence-electron chi connectivity index (χ1n) is 6.94. The standard InChI is InChI=1S/C14H22N2O4S/c1-4-5-11(14(18)19)6-15-13(17)8-21-7-12-9(2)16-20-10(12)3/h11H,4-8H2,1-3H3,(H,15,17)(H,18,19). The molecule has 0 aromatic carbocycles. The Morgan fingerprint density at radius 2 is 2.14 bits per heavy atom. The highest BCUT2D eigenvalue weighted by Crippen LogP contribution is 2.19. The molecule has 7 heteroatoms. The van der Waals surface area contributed by atoms with Gasteiger partial charge in [-0.2, -0.15) is 0 Å². The molecule has 1 atom stereocenters. The molecule has 1 amide bonds. The fourth-order valence-corrected chi connectivity index (χ4v) is 2.91. The van der Waals surface area contributed by atoms with E-state index in [0.717, 1.165) is 23.4 Å². The van der Waals surface area contributed by atoms with Gasteiger partial charge in [0.15, 0.2) is 0 Å². The van der Waals surface area contributed by atoms with Crippen LogP contribution in [0.15, 0.2) is 4.52 Å². The summed E-state index contributed by atoms with van der Waals surface area (Å²) in [6.45, 7) is 5.83. The van der Waals surface area contributed by atoms with Gasteiger partial charge in [0.2, 0.25) is 5.91 Å². The molecule has 2 N–H and O–H groups in total. The maximum absolute atomic E-state index is 11.7. The number of rotatable bonds is 9. The Kier molecular flexibility index (Phi) is 7.28. The number of nitrogens with zero attached hydrogens (tertiary/aromatic N) is 1. The van der Waals surface area contributed by atoms with Crippen molar-refractivity contribution in [1.82, 2.24) is 10.5 Å². The monoisotopic (exact) mass is 314 g/mol. The van der Waals surface area contributed by atoms with Gasteiger partial charge in [-0.1, -0.05) is 18.5 Å². The lowest BCUT2D eigenvalue weighted by Gasteiger charge is -2.12. The fourth-order valence-electron chi connectivity index (χ4n) is 1.90. The molecule has 1 rings (SSSR count). The minimum atomic E-state index is -0.861. The molecule has 0 fully saturated rings. The Labute approximate surface area is 128 Å². The minimum absolute atomic E-state index is 0.144. The molecule has 0 radical (unpaired) electrons. The molecule has 118 valence electrons. The summed E-state index contributed by atoms with van der Waals surface area (Å²) >= 11 is 1.46. The summed E-state index contributed by atoms with van der Waals surface area (Å²) in [5, 5.41) is 15.5. The van der Waals surface area contributed by atoms with E-state index in [1.54, 1.807) is 0 Å². The number of hydrogen-bond donors (Lipinski definition) is 2. The number of nitrogens with one attached hydrogen (secondary N) is 1. The van der Waals surface area contributed by atoms with Crippen LogP contribution in [-0.2, 0) is 15.3 Å². The summed E-state index contributed by atoms with van der Waals surface area (Å²) in [4.78, 5) is 22.7. The van der Waals surface area contributed by atoms with Crippen molar-refractivity contribution < 1.29 is 19.2 Å². The molecule has 6 nitrogen and oxygen atoms in total. The van der Waals surface area contributed by atoms with Gasteiger partial charge in [-0.3, -0.25) is 9.59 Å². The first kappa shape index (κ1) is 17.6. The van der Waals surface area contributed by atoms with Crippen LogP contribution in [0.5, 0.6) is 0 Å². The topological polar surface area (TPSA) is 92.4 Å². The van der Waals surface area contributed by atoms with E-state index in [2.05, 4.69) is 10.5 Å². The molecule has 0 spiro atoms. The zero-order valence-corrected chi connectivity index (χ0v) is 13.5. The van der Waals surface area contributed by atoms with E-state index in [1.807, 2.05) is 20.8 Å². The molecule has 0 aliphatic carbocycles. The third kappa shape index (κ3) is 5.79. The highest BCUT2D eigenvalue weighted by molar-refractivity contribution is 7.99. The van der Waals surface area contributed by atoms with Gasteiger partial charge in [0.1, 0.15) is 5.76 Å². The number of carboxylic acid groups (broad SMARTS) is 1. The van der Waals surface area contributed by atoms with Crippen molar-refractivity contribution in [3.8, 4) is 0 Å². The van der Waals surface area contributed by atoms with Crippen LogP contribution < -0.4 is 5.32 Å². The third-order valence-corrected chi connectivity index (χ3v) is 4.15. The Morgan fingerprint density at radius 1 is 1.43 bits per heavy atom. The van der Waals surface area contributed by atoms with Crippen molar-refractivity contribution in [3.63, 3.8) is 0 Å². The van der Waals surface area contributed by atoms with E-state index in [4.69, 9.17) is 9.63 Å². The molecule has 0 bridgehead atoms. The molecule has 1 unspecified atom stereocenters. The number of carbonyl (C=O) groups excluding carboxylic acids is 1. The lowest BCUT2D eigenvalue weighted by molar-refractivity contribution is -0.141. The maximum Gasteiger partial charge on any atom is 0.308 e. The summed E-state index contributed by atoms with van der Waals surface area (Å²) in [5.74, 6) is 0.212. The molecule has 0 saturated heterocycles. The minimum Gasteiger partial charge on any atom is -0.481 e. The normalized spacial score (nSPS) is 12.1. The molecule has 1 aromatic heterocycles. The number of carboxylic acids is 1. The number of thioether (sulfide) groups is 1. The van der Waals surface area contributed by atoms with Crippen molar-refractivity contribution in [2.24, 2.45) is 5.92 Å². The van der Waals surface area contributed by atoms with Gasteiger partial charge in [0.05, 0.1) is 17.4 Å². The van der Waals surface area contributed by atoms with E-state index in [0.29, 0.717) is 17.9 Å². The van der Waals surface area contributed by atoms with Gasteiger partial charge < -0.3 is 14.9 Å². The molecular weight excluding hydrogens is 292 g/mol. The highest BCUT2D eigenvalue weighted by atomic mass is 32.2. The number of carbonyl (C=O) groups is 2. The molecule has 0 aliphatic heterocycles. The predicted molar refractivity (Wildman–Crippen MR) is 81.2 cm³/mol. The second kappa shape index (κ2) is 8.71. The number of aryl methyl sites for hydroxylation is 2. The molecule has 21 heavy (non-hydrogen) atoms. The van der Waals surface area contributed by atoms with Gasteiger partial charge in [0.25, 0.3) is 0 Å². The van der Waals surface area contributed by atoms with Crippen LogP contribution in [0.3, 0.4) is 0 Å². The quantitative estimate of drug-likeness (QED) is 0.725. The van der Waals surface area contributed by atoms with E-state index in [-0.39, 0.29) is 12.5 Å². The molecule has 0 aliphatic rings. The number of aromatic nitrogens is 1. The average Bonchev–Trinajstić information content (AvgIpc) is 2.74. The predicted octanol–water partition coefficient (Wildman–Crippen LogP) is 2.14. The van der Waals surface area contributed by atoms with Crippen LogP contribution >= 0.6 is 11.8 Å². The molecule has 0 saturated carbocycles. The first-order valence-corrected chi connectivity index (χ1v) is 8.10. The zero-order chi connectivity index (χ0) is 15.8. The SMILES string of the molecule is CCCC(CNC(=O)CSCc1c(C)noc1C)C(=O)O.